The minimum atomic E-state index is 0.469. The van der Waals surface area contributed by atoms with E-state index in [4.69, 9.17) is 21.3 Å². The number of fused-ring (bicyclic) bond motifs is 1. The van der Waals surface area contributed by atoms with Crippen molar-refractivity contribution in [3.63, 3.8) is 0 Å². The Labute approximate surface area is 161 Å². The number of hydrogen-bond donors (Lipinski definition) is 0. The van der Waals surface area contributed by atoms with Gasteiger partial charge < -0.3 is 9.64 Å². The Kier molecular flexibility index (Phi) is 5.46. The lowest BCUT2D eigenvalue weighted by molar-refractivity contribution is 0.0673. The van der Waals surface area contributed by atoms with E-state index in [1.54, 1.807) is 7.11 Å². The number of likely N-dealkylation sites (tertiary alicyclic amines) is 2. The molecule has 1 aromatic carbocycles. The van der Waals surface area contributed by atoms with E-state index < -0.39 is 0 Å². The SMILES string of the molecule is COCCN1CCCC2(CCN(Cc3ccc4cc(Cl)ccc4n3)C2)C1. The molecule has 140 valence electrons. The van der Waals surface area contributed by atoms with Crippen molar-refractivity contribution in [3.05, 3.63) is 41.0 Å². The molecule has 0 radical (unpaired) electrons. The van der Waals surface area contributed by atoms with Crippen LogP contribution in [0.3, 0.4) is 0 Å². The number of methoxy groups -OCH3 is 1. The summed E-state index contributed by atoms with van der Waals surface area (Å²) in [6, 6.07) is 10.2. The molecule has 0 amide bonds. The predicted octanol–water partition coefficient (Wildman–Crippen LogP) is 3.82. The van der Waals surface area contributed by atoms with Gasteiger partial charge in [0, 0.05) is 43.7 Å². The zero-order valence-corrected chi connectivity index (χ0v) is 16.3. The van der Waals surface area contributed by atoms with E-state index in [9.17, 15) is 0 Å². The first-order valence-corrected chi connectivity index (χ1v) is 10.0. The van der Waals surface area contributed by atoms with Gasteiger partial charge in [-0.3, -0.25) is 9.88 Å². The first-order chi connectivity index (χ1) is 12.7. The maximum atomic E-state index is 6.07. The molecular weight excluding hydrogens is 346 g/mol. The zero-order valence-electron chi connectivity index (χ0n) is 15.6. The van der Waals surface area contributed by atoms with Gasteiger partial charge in [0.25, 0.3) is 0 Å². The van der Waals surface area contributed by atoms with Gasteiger partial charge in [0.05, 0.1) is 17.8 Å². The highest BCUT2D eigenvalue weighted by Crippen LogP contribution is 2.39. The Morgan fingerprint density at radius 2 is 2.00 bits per heavy atom. The quantitative estimate of drug-likeness (QED) is 0.796. The molecule has 5 heteroatoms. The zero-order chi connectivity index (χ0) is 18.0. The largest absolute Gasteiger partial charge is 0.383 e. The molecule has 1 spiro atoms. The van der Waals surface area contributed by atoms with Crippen molar-refractivity contribution in [3.8, 4) is 0 Å². The van der Waals surface area contributed by atoms with E-state index in [-0.39, 0.29) is 0 Å². The van der Waals surface area contributed by atoms with Crippen LogP contribution in [0.4, 0.5) is 0 Å². The molecular formula is C21H28ClN3O. The van der Waals surface area contributed by atoms with Gasteiger partial charge in [-0.25, -0.2) is 0 Å². The number of hydrogen-bond acceptors (Lipinski definition) is 4. The first kappa shape index (κ1) is 18.2. The summed E-state index contributed by atoms with van der Waals surface area (Å²) >= 11 is 6.07. The molecule has 2 saturated heterocycles. The highest BCUT2D eigenvalue weighted by Gasteiger charge is 2.41. The Bertz CT molecular complexity index is 768. The highest BCUT2D eigenvalue weighted by molar-refractivity contribution is 6.31. The highest BCUT2D eigenvalue weighted by atomic mass is 35.5. The molecule has 0 saturated carbocycles. The summed E-state index contributed by atoms with van der Waals surface area (Å²) in [5.74, 6) is 0. The number of aromatic nitrogens is 1. The Morgan fingerprint density at radius 3 is 2.88 bits per heavy atom. The predicted molar refractivity (Wildman–Crippen MR) is 107 cm³/mol. The lowest BCUT2D eigenvalue weighted by Gasteiger charge is -2.40. The fraction of sp³-hybridized carbons (Fsp3) is 0.571. The Morgan fingerprint density at radius 1 is 1.12 bits per heavy atom. The second kappa shape index (κ2) is 7.81. The van der Waals surface area contributed by atoms with Crippen LogP contribution in [0, 0.1) is 5.41 Å². The van der Waals surface area contributed by atoms with Crippen LogP contribution >= 0.6 is 11.6 Å². The van der Waals surface area contributed by atoms with Crippen LogP contribution in [-0.4, -0.2) is 61.2 Å². The van der Waals surface area contributed by atoms with Gasteiger partial charge in [0.1, 0.15) is 0 Å². The molecule has 0 aliphatic carbocycles. The van der Waals surface area contributed by atoms with Gasteiger partial charge in [0.2, 0.25) is 0 Å². The van der Waals surface area contributed by atoms with Crippen molar-refractivity contribution in [1.82, 2.24) is 14.8 Å². The molecule has 0 bridgehead atoms. The van der Waals surface area contributed by atoms with Gasteiger partial charge in [-0.1, -0.05) is 17.7 Å². The number of benzene rings is 1. The van der Waals surface area contributed by atoms with E-state index in [1.807, 2.05) is 18.2 Å². The molecule has 1 aromatic heterocycles. The summed E-state index contributed by atoms with van der Waals surface area (Å²) in [6.45, 7) is 7.65. The van der Waals surface area contributed by atoms with E-state index in [2.05, 4.69) is 21.9 Å². The van der Waals surface area contributed by atoms with Crippen molar-refractivity contribution in [2.24, 2.45) is 5.41 Å². The molecule has 0 N–H and O–H groups in total. The maximum absolute atomic E-state index is 6.07. The van der Waals surface area contributed by atoms with E-state index in [0.717, 1.165) is 41.3 Å². The van der Waals surface area contributed by atoms with Gasteiger partial charge in [-0.15, -0.1) is 0 Å². The standard InChI is InChI=1S/C21H28ClN3O/c1-26-12-11-24-9-2-7-21(15-24)8-10-25(16-21)14-19-5-3-17-13-18(22)4-6-20(17)23-19/h3-6,13H,2,7-12,14-16H2,1H3. The molecule has 1 atom stereocenters. The van der Waals surface area contributed by atoms with Crippen LogP contribution in [0.25, 0.3) is 10.9 Å². The minimum Gasteiger partial charge on any atom is -0.383 e. The third kappa shape index (κ3) is 4.04. The average Bonchev–Trinajstić information content (AvgIpc) is 3.02. The van der Waals surface area contributed by atoms with Gasteiger partial charge in [-0.2, -0.15) is 0 Å². The Balaban J connectivity index is 1.40. The summed E-state index contributed by atoms with van der Waals surface area (Å²) < 4.78 is 5.27. The molecule has 4 nitrogen and oxygen atoms in total. The van der Waals surface area contributed by atoms with Crippen LogP contribution in [-0.2, 0) is 11.3 Å². The normalized spacial score (nSPS) is 24.7. The summed E-state index contributed by atoms with van der Waals surface area (Å²) in [5.41, 5.74) is 2.66. The molecule has 1 unspecified atom stereocenters. The average molecular weight is 374 g/mol. The fourth-order valence-corrected chi connectivity index (χ4v) is 4.85. The van der Waals surface area contributed by atoms with Gasteiger partial charge >= 0.3 is 0 Å². The lowest BCUT2D eigenvalue weighted by Crippen LogP contribution is -2.45. The van der Waals surface area contributed by atoms with E-state index in [1.165, 1.54) is 45.4 Å². The van der Waals surface area contributed by atoms with Gasteiger partial charge in [-0.05, 0) is 62.0 Å². The van der Waals surface area contributed by atoms with Crippen molar-refractivity contribution >= 4 is 22.5 Å². The first-order valence-electron chi connectivity index (χ1n) is 9.65. The maximum Gasteiger partial charge on any atom is 0.0706 e. The molecule has 3 heterocycles. The van der Waals surface area contributed by atoms with Crippen LogP contribution in [0.15, 0.2) is 30.3 Å². The van der Waals surface area contributed by atoms with Crippen LogP contribution in [0.2, 0.25) is 5.02 Å². The second-order valence-corrected chi connectivity index (χ2v) is 8.41. The smallest absolute Gasteiger partial charge is 0.0706 e. The number of pyridine rings is 1. The number of rotatable bonds is 5. The third-order valence-electron chi connectivity index (χ3n) is 5.96. The summed E-state index contributed by atoms with van der Waals surface area (Å²) in [4.78, 5) is 10.0. The monoisotopic (exact) mass is 373 g/mol. The lowest BCUT2D eigenvalue weighted by atomic mass is 9.79. The van der Waals surface area contributed by atoms with Crippen molar-refractivity contribution in [2.45, 2.75) is 25.8 Å². The number of nitrogens with zero attached hydrogens (tertiary/aromatic N) is 3. The minimum absolute atomic E-state index is 0.469. The Hall–Kier alpha value is -1.20. The number of halogens is 1. The molecule has 26 heavy (non-hydrogen) atoms. The number of piperidine rings is 1. The molecule has 2 aliphatic heterocycles. The molecule has 2 aliphatic rings. The van der Waals surface area contributed by atoms with E-state index in [0.29, 0.717) is 5.41 Å². The summed E-state index contributed by atoms with van der Waals surface area (Å²) in [6.07, 6.45) is 3.98. The van der Waals surface area contributed by atoms with Crippen LogP contribution in [0.5, 0.6) is 0 Å². The summed E-state index contributed by atoms with van der Waals surface area (Å²) in [5, 5.41) is 1.88. The van der Waals surface area contributed by atoms with Gasteiger partial charge in [0.15, 0.2) is 0 Å². The topological polar surface area (TPSA) is 28.6 Å². The summed E-state index contributed by atoms with van der Waals surface area (Å²) in [7, 11) is 1.79. The van der Waals surface area contributed by atoms with Crippen molar-refractivity contribution in [1.29, 1.82) is 0 Å². The number of ether oxygens (including phenoxy) is 1. The molecule has 2 fully saturated rings. The third-order valence-corrected chi connectivity index (χ3v) is 6.20. The van der Waals surface area contributed by atoms with Crippen molar-refractivity contribution < 1.29 is 4.74 Å². The molecule has 2 aromatic rings. The van der Waals surface area contributed by atoms with E-state index >= 15 is 0 Å². The second-order valence-electron chi connectivity index (χ2n) is 7.97. The van der Waals surface area contributed by atoms with Crippen LogP contribution in [0.1, 0.15) is 25.0 Å². The van der Waals surface area contributed by atoms with Crippen molar-refractivity contribution in [2.75, 3.05) is 46.4 Å². The molecule has 4 rings (SSSR count). The fourth-order valence-electron chi connectivity index (χ4n) is 4.67. The van der Waals surface area contributed by atoms with Crippen LogP contribution < -0.4 is 0 Å².